The Labute approximate surface area is 92.2 Å². The molecule has 0 saturated carbocycles. The highest BCUT2D eigenvalue weighted by molar-refractivity contribution is 7.09. The van der Waals surface area contributed by atoms with Crippen molar-refractivity contribution in [1.82, 2.24) is 4.57 Å². The summed E-state index contributed by atoms with van der Waals surface area (Å²) in [7, 11) is 0. The smallest absolute Gasteiger partial charge is 0.307 e. The molecule has 1 aromatic rings. The van der Waals surface area contributed by atoms with Gasteiger partial charge in [0, 0.05) is 17.1 Å². The van der Waals surface area contributed by atoms with E-state index in [2.05, 4.69) is 0 Å². The summed E-state index contributed by atoms with van der Waals surface area (Å²) in [5.41, 5.74) is 0.964. The van der Waals surface area contributed by atoms with Crippen LogP contribution in [-0.2, 0) is 11.3 Å². The number of thiazole rings is 1. The highest BCUT2D eigenvalue weighted by atomic mass is 32.1. The van der Waals surface area contributed by atoms with E-state index >= 15 is 0 Å². The molecule has 0 aliphatic rings. The number of aromatic nitrogens is 1. The summed E-state index contributed by atoms with van der Waals surface area (Å²) in [6.45, 7) is 6.18. The van der Waals surface area contributed by atoms with Gasteiger partial charge in [-0.1, -0.05) is 25.2 Å². The van der Waals surface area contributed by atoms with E-state index in [1.165, 1.54) is 11.3 Å². The number of hydrogen-bond acceptors (Lipinski definition) is 3. The van der Waals surface area contributed by atoms with Crippen LogP contribution in [0.15, 0.2) is 4.79 Å². The average molecular weight is 229 g/mol. The van der Waals surface area contributed by atoms with Gasteiger partial charge in [-0.25, -0.2) is 0 Å². The van der Waals surface area contributed by atoms with Crippen LogP contribution in [0.1, 0.15) is 36.8 Å². The highest BCUT2D eigenvalue weighted by Crippen LogP contribution is 2.20. The Bertz CT molecular complexity index is 417. The Kier molecular flexibility index (Phi) is 3.68. The largest absolute Gasteiger partial charge is 0.481 e. The van der Waals surface area contributed by atoms with Gasteiger partial charge < -0.3 is 9.67 Å². The van der Waals surface area contributed by atoms with Crippen LogP contribution >= 0.6 is 11.3 Å². The molecule has 0 bridgehead atoms. The third kappa shape index (κ3) is 2.68. The molecule has 0 amide bonds. The number of carboxylic acids is 1. The second-order valence-corrected chi connectivity index (χ2v) is 4.93. The molecule has 5 heteroatoms. The minimum Gasteiger partial charge on any atom is -0.481 e. The van der Waals surface area contributed by atoms with Gasteiger partial charge in [-0.15, -0.1) is 0 Å². The molecule has 0 saturated heterocycles. The molecule has 1 rings (SSSR count). The maximum atomic E-state index is 11.6. The number of aliphatic carboxylic acids is 1. The maximum Gasteiger partial charge on any atom is 0.307 e. The van der Waals surface area contributed by atoms with Crippen molar-refractivity contribution in [3.8, 4) is 0 Å². The van der Waals surface area contributed by atoms with Gasteiger partial charge in [-0.3, -0.25) is 9.59 Å². The number of aryl methyl sites for hydroxylation is 1. The van der Waals surface area contributed by atoms with Crippen LogP contribution in [0.4, 0.5) is 0 Å². The van der Waals surface area contributed by atoms with Crippen LogP contribution in [0.25, 0.3) is 0 Å². The number of carboxylic acid groups (broad SMARTS) is 1. The topological polar surface area (TPSA) is 59.3 Å². The van der Waals surface area contributed by atoms with E-state index in [1.807, 2.05) is 20.8 Å². The second-order valence-electron chi connectivity index (χ2n) is 3.76. The van der Waals surface area contributed by atoms with Crippen molar-refractivity contribution in [1.29, 1.82) is 0 Å². The lowest BCUT2D eigenvalue weighted by Gasteiger charge is -2.10. The van der Waals surface area contributed by atoms with Gasteiger partial charge in [0.2, 0.25) is 0 Å². The molecule has 1 heterocycles. The van der Waals surface area contributed by atoms with Crippen LogP contribution < -0.4 is 4.87 Å². The third-order valence-electron chi connectivity index (χ3n) is 2.21. The fraction of sp³-hybridized carbons (Fsp3) is 0.600. The molecular formula is C10H15NO3S. The Morgan fingerprint density at radius 3 is 2.60 bits per heavy atom. The summed E-state index contributed by atoms with van der Waals surface area (Å²) < 4.78 is 1.58. The predicted molar refractivity (Wildman–Crippen MR) is 59.7 cm³/mol. The lowest BCUT2D eigenvalue weighted by Crippen LogP contribution is -2.18. The van der Waals surface area contributed by atoms with Gasteiger partial charge >= 0.3 is 10.8 Å². The molecule has 0 aliphatic carbocycles. The fourth-order valence-electron chi connectivity index (χ4n) is 1.66. The van der Waals surface area contributed by atoms with Crippen molar-refractivity contribution in [3.05, 3.63) is 20.2 Å². The zero-order chi connectivity index (χ0) is 11.6. The molecule has 15 heavy (non-hydrogen) atoms. The first-order valence-corrected chi connectivity index (χ1v) is 5.67. The lowest BCUT2D eigenvalue weighted by molar-refractivity contribution is -0.137. The zero-order valence-electron chi connectivity index (χ0n) is 9.11. The first kappa shape index (κ1) is 12.0. The number of rotatable bonds is 4. The van der Waals surface area contributed by atoms with Crippen molar-refractivity contribution >= 4 is 17.3 Å². The first-order valence-electron chi connectivity index (χ1n) is 4.85. The van der Waals surface area contributed by atoms with Crippen LogP contribution in [-0.4, -0.2) is 15.6 Å². The van der Waals surface area contributed by atoms with E-state index in [4.69, 9.17) is 5.11 Å². The van der Waals surface area contributed by atoms with Crippen molar-refractivity contribution in [2.45, 2.75) is 39.7 Å². The van der Waals surface area contributed by atoms with Gasteiger partial charge in [0.15, 0.2) is 0 Å². The van der Waals surface area contributed by atoms with E-state index in [0.29, 0.717) is 0 Å². The standard InChI is InChI=1S/C10H15NO3S/c1-6(2)9-7(3)15-10(14)11(9)5-4-8(12)13/h6H,4-5H2,1-3H3,(H,12,13). The Morgan fingerprint density at radius 2 is 2.13 bits per heavy atom. The third-order valence-corrected chi connectivity index (χ3v) is 3.12. The summed E-state index contributed by atoms with van der Waals surface area (Å²) in [4.78, 5) is 23.0. The molecule has 0 radical (unpaired) electrons. The summed E-state index contributed by atoms with van der Waals surface area (Å²) >= 11 is 1.19. The van der Waals surface area contributed by atoms with Gasteiger partial charge in [0.25, 0.3) is 0 Å². The van der Waals surface area contributed by atoms with Crippen molar-refractivity contribution in [2.24, 2.45) is 0 Å². The van der Waals surface area contributed by atoms with Gasteiger partial charge in [0.1, 0.15) is 0 Å². The number of nitrogens with zero attached hydrogens (tertiary/aromatic N) is 1. The average Bonchev–Trinajstić information content (AvgIpc) is 2.37. The number of carbonyl (C=O) groups is 1. The molecule has 1 aromatic heterocycles. The van der Waals surface area contributed by atoms with Crippen molar-refractivity contribution in [3.63, 3.8) is 0 Å². The predicted octanol–water partition coefficient (Wildman–Crippen LogP) is 1.82. The first-order chi connectivity index (χ1) is 6.93. The Hall–Kier alpha value is -1.10. The lowest BCUT2D eigenvalue weighted by atomic mass is 10.1. The zero-order valence-corrected chi connectivity index (χ0v) is 9.93. The molecule has 84 valence electrons. The second kappa shape index (κ2) is 4.61. The molecule has 0 aromatic carbocycles. The Balaban J connectivity index is 3.04. The molecule has 0 aliphatic heterocycles. The molecule has 0 fully saturated rings. The SMILES string of the molecule is Cc1sc(=O)n(CCC(=O)O)c1C(C)C. The minimum atomic E-state index is -0.875. The van der Waals surface area contributed by atoms with Crippen molar-refractivity contribution in [2.75, 3.05) is 0 Å². The fourth-order valence-corrected chi connectivity index (χ4v) is 2.68. The molecule has 0 unspecified atom stereocenters. The van der Waals surface area contributed by atoms with E-state index < -0.39 is 5.97 Å². The number of hydrogen-bond donors (Lipinski definition) is 1. The summed E-state index contributed by atoms with van der Waals surface area (Å²) in [6, 6.07) is 0. The molecule has 0 atom stereocenters. The molecule has 1 N–H and O–H groups in total. The van der Waals surface area contributed by atoms with Gasteiger partial charge in [-0.2, -0.15) is 0 Å². The summed E-state index contributed by atoms with van der Waals surface area (Å²) in [5.74, 6) is -0.627. The van der Waals surface area contributed by atoms with E-state index in [0.717, 1.165) is 10.6 Å². The molecular weight excluding hydrogens is 214 g/mol. The van der Waals surface area contributed by atoms with Crippen LogP contribution in [0.2, 0.25) is 0 Å². The Morgan fingerprint density at radius 1 is 1.53 bits per heavy atom. The summed E-state index contributed by atoms with van der Waals surface area (Å²) in [5, 5.41) is 8.59. The van der Waals surface area contributed by atoms with Crippen LogP contribution in [0.5, 0.6) is 0 Å². The summed E-state index contributed by atoms with van der Waals surface area (Å²) in [6.07, 6.45) is -0.00417. The van der Waals surface area contributed by atoms with Gasteiger partial charge in [0.05, 0.1) is 6.42 Å². The van der Waals surface area contributed by atoms with E-state index in [-0.39, 0.29) is 23.8 Å². The van der Waals surface area contributed by atoms with Crippen LogP contribution in [0.3, 0.4) is 0 Å². The van der Waals surface area contributed by atoms with E-state index in [1.54, 1.807) is 4.57 Å². The van der Waals surface area contributed by atoms with Crippen LogP contribution in [0, 0.1) is 6.92 Å². The maximum absolute atomic E-state index is 11.6. The van der Waals surface area contributed by atoms with Gasteiger partial charge in [-0.05, 0) is 12.8 Å². The normalized spacial score (nSPS) is 10.9. The molecule has 4 nitrogen and oxygen atoms in total. The minimum absolute atomic E-state index is 0.00417. The monoisotopic (exact) mass is 229 g/mol. The molecule has 0 spiro atoms. The van der Waals surface area contributed by atoms with Crippen molar-refractivity contribution < 1.29 is 9.90 Å². The quantitative estimate of drug-likeness (QED) is 0.856. The highest BCUT2D eigenvalue weighted by Gasteiger charge is 2.15. The van der Waals surface area contributed by atoms with E-state index in [9.17, 15) is 9.59 Å².